The van der Waals surface area contributed by atoms with Crippen molar-refractivity contribution in [3.05, 3.63) is 18.0 Å². The number of aromatic nitrogens is 2. The van der Waals surface area contributed by atoms with E-state index in [2.05, 4.69) is 23.5 Å². The molecule has 0 aromatic carbocycles. The van der Waals surface area contributed by atoms with Crippen LogP contribution >= 0.6 is 0 Å². The van der Waals surface area contributed by atoms with Crippen molar-refractivity contribution in [2.75, 3.05) is 13.2 Å². The monoisotopic (exact) mass is 223 g/mol. The van der Waals surface area contributed by atoms with Gasteiger partial charge in [-0.3, -0.25) is 4.68 Å². The molecule has 4 heteroatoms. The van der Waals surface area contributed by atoms with E-state index in [1.165, 1.54) is 18.4 Å². The molecule has 16 heavy (non-hydrogen) atoms. The lowest BCUT2D eigenvalue weighted by Crippen LogP contribution is -2.23. The van der Waals surface area contributed by atoms with Crippen LogP contribution in [-0.2, 0) is 11.8 Å². The van der Waals surface area contributed by atoms with Crippen LogP contribution in [0.5, 0.6) is 0 Å². The van der Waals surface area contributed by atoms with E-state index in [0.29, 0.717) is 12.1 Å². The van der Waals surface area contributed by atoms with Crippen molar-refractivity contribution in [3.8, 4) is 0 Å². The molecule has 0 spiro atoms. The summed E-state index contributed by atoms with van der Waals surface area (Å²) in [4.78, 5) is 0. The molecule has 0 saturated carbocycles. The molecule has 0 aliphatic carbocycles. The smallest absolute Gasteiger partial charge is 0.0588 e. The molecule has 2 heterocycles. The molecule has 2 unspecified atom stereocenters. The standard InChI is InChI=1S/C12H21N3O/c1-10(11-8-14-15(2)9-11)13-6-5-12-4-3-7-16-12/h8-10,12-13H,3-7H2,1-2H3. The van der Waals surface area contributed by atoms with Crippen LogP contribution in [0.2, 0.25) is 0 Å². The fraction of sp³-hybridized carbons (Fsp3) is 0.750. The van der Waals surface area contributed by atoms with Gasteiger partial charge in [0.15, 0.2) is 0 Å². The van der Waals surface area contributed by atoms with Crippen LogP contribution < -0.4 is 5.32 Å². The van der Waals surface area contributed by atoms with Gasteiger partial charge in [0.1, 0.15) is 0 Å². The third-order valence-corrected chi connectivity index (χ3v) is 3.17. The van der Waals surface area contributed by atoms with Crippen LogP contribution in [-0.4, -0.2) is 29.0 Å². The van der Waals surface area contributed by atoms with Gasteiger partial charge in [-0.1, -0.05) is 0 Å². The summed E-state index contributed by atoms with van der Waals surface area (Å²) >= 11 is 0. The van der Waals surface area contributed by atoms with E-state index < -0.39 is 0 Å². The fourth-order valence-electron chi connectivity index (χ4n) is 2.11. The van der Waals surface area contributed by atoms with E-state index in [4.69, 9.17) is 4.74 Å². The van der Waals surface area contributed by atoms with Crippen molar-refractivity contribution in [3.63, 3.8) is 0 Å². The van der Waals surface area contributed by atoms with Gasteiger partial charge in [-0.25, -0.2) is 0 Å². The highest BCUT2D eigenvalue weighted by Gasteiger charge is 2.15. The van der Waals surface area contributed by atoms with Crippen LogP contribution in [0.4, 0.5) is 0 Å². The molecular formula is C12H21N3O. The van der Waals surface area contributed by atoms with Crippen LogP contribution in [0.1, 0.15) is 37.8 Å². The van der Waals surface area contributed by atoms with Crippen LogP contribution in [0, 0.1) is 0 Å². The summed E-state index contributed by atoms with van der Waals surface area (Å²) in [5, 5.41) is 7.68. The van der Waals surface area contributed by atoms with Gasteiger partial charge in [-0.05, 0) is 32.7 Å². The van der Waals surface area contributed by atoms with Crippen molar-refractivity contribution in [2.45, 2.75) is 38.3 Å². The minimum atomic E-state index is 0.370. The van der Waals surface area contributed by atoms with Gasteiger partial charge in [0.2, 0.25) is 0 Å². The van der Waals surface area contributed by atoms with Crippen molar-refractivity contribution in [1.29, 1.82) is 0 Å². The summed E-state index contributed by atoms with van der Waals surface area (Å²) in [5.74, 6) is 0. The summed E-state index contributed by atoms with van der Waals surface area (Å²) in [6.07, 6.45) is 8.03. The van der Waals surface area contributed by atoms with E-state index in [9.17, 15) is 0 Å². The molecule has 1 aromatic rings. The van der Waals surface area contributed by atoms with Crippen molar-refractivity contribution in [1.82, 2.24) is 15.1 Å². The normalized spacial score (nSPS) is 22.5. The second-order valence-corrected chi connectivity index (χ2v) is 4.55. The number of rotatable bonds is 5. The number of aryl methyl sites for hydroxylation is 1. The van der Waals surface area contributed by atoms with Gasteiger partial charge in [-0.2, -0.15) is 5.10 Å². The lowest BCUT2D eigenvalue weighted by atomic mass is 10.1. The molecule has 0 radical (unpaired) electrons. The molecule has 1 aromatic heterocycles. The lowest BCUT2D eigenvalue weighted by Gasteiger charge is -2.14. The molecule has 2 rings (SSSR count). The van der Waals surface area contributed by atoms with Gasteiger partial charge in [0.05, 0.1) is 12.3 Å². The maximum absolute atomic E-state index is 5.59. The van der Waals surface area contributed by atoms with Gasteiger partial charge >= 0.3 is 0 Å². The number of hydrogen-bond acceptors (Lipinski definition) is 3. The van der Waals surface area contributed by atoms with E-state index in [-0.39, 0.29) is 0 Å². The van der Waals surface area contributed by atoms with Crippen LogP contribution in [0.15, 0.2) is 12.4 Å². The summed E-state index contributed by atoms with van der Waals surface area (Å²) in [5.41, 5.74) is 1.25. The Hall–Kier alpha value is -0.870. The van der Waals surface area contributed by atoms with E-state index >= 15 is 0 Å². The molecule has 90 valence electrons. The second kappa shape index (κ2) is 5.46. The Morgan fingerprint density at radius 3 is 3.19 bits per heavy atom. The predicted molar refractivity (Wildman–Crippen MR) is 63.2 cm³/mol. The Morgan fingerprint density at radius 1 is 1.69 bits per heavy atom. The molecule has 4 nitrogen and oxygen atoms in total. The third-order valence-electron chi connectivity index (χ3n) is 3.17. The summed E-state index contributed by atoms with van der Waals surface area (Å²) in [7, 11) is 1.95. The number of hydrogen-bond donors (Lipinski definition) is 1. The zero-order valence-corrected chi connectivity index (χ0v) is 10.1. The maximum atomic E-state index is 5.59. The molecule has 1 N–H and O–H groups in total. The Morgan fingerprint density at radius 2 is 2.56 bits per heavy atom. The Balaban J connectivity index is 1.69. The third kappa shape index (κ3) is 3.06. The number of nitrogens with one attached hydrogen (secondary N) is 1. The first kappa shape index (κ1) is 11.6. The molecule has 1 fully saturated rings. The maximum Gasteiger partial charge on any atom is 0.0588 e. The summed E-state index contributed by atoms with van der Waals surface area (Å²) in [6, 6.07) is 0.370. The highest BCUT2D eigenvalue weighted by atomic mass is 16.5. The Labute approximate surface area is 97.0 Å². The average Bonchev–Trinajstić information content (AvgIpc) is 2.89. The lowest BCUT2D eigenvalue weighted by molar-refractivity contribution is 0.103. The zero-order chi connectivity index (χ0) is 11.4. The predicted octanol–water partition coefficient (Wildman–Crippen LogP) is 1.64. The topological polar surface area (TPSA) is 39.1 Å². The largest absolute Gasteiger partial charge is 0.378 e. The zero-order valence-electron chi connectivity index (χ0n) is 10.1. The molecule has 1 aliphatic heterocycles. The first-order valence-corrected chi connectivity index (χ1v) is 6.09. The molecule has 2 atom stereocenters. The van der Waals surface area contributed by atoms with Gasteiger partial charge in [0.25, 0.3) is 0 Å². The number of ether oxygens (including phenoxy) is 1. The van der Waals surface area contributed by atoms with Crippen molar-refractivity contribution >= 4 is 0 Å². The first-order chi connectivity index (χ1) is 7.75. The fourth-order valence-corrected chi connectivity index (χ4v) is 2.11. The highest BCUT2D eigenvalue weighted by molar-refractivity contribution is 5.08. The second-order valence-electron chi connectivity index (χ2n) is 4.55. The first-order valence-electron chi connectivity index (χ1n) is 6.09. The van der Waals surface area contributed by atoms with Crippen molar-refractivity contribution < 1.29 is 4.74 Å². The van der Waals surface area contributed by atoms with Gasteiger partial charge in [-0.15, -0.1) is 0 Å². The molecule has 0 bridgehead atoms. The van der Waals surface area contributed by atoms with Crippen LogP contribution in [0.3, 0.4) is 0 Å². The summed E-state index contributed by atoms with van der Waals surface area (Å²) in [6.45, 7) is 4.13. The molecule has 1 aliphatic rings. The SMILES string of the molecule is CC(NCCC1CCCO1)c1cnn(C)c1. The van der Waals surface area contributed by atoms with Crippen molar-refractivity contribution in [2.24, 2.45) is 7.05 Å². The average molecular weight is 223 g/mol. The van der Waals surface area contributed by atoms with E-state index in [1.54, 1.807) is 0 Å². The highest BCUT2D eigenvalue weighted by Crippen LogP contribution is 2.15. The van der Waals surface area contributed by atoms with E-state index in [0.717, 1.165) is 19.6 Å². The Bertz CT molecular complexity index is 318. The molecule has 1 saturated heterocycles. The Kier molecular flexibility index (Phi) is 3.96. The number of nitrogens with zero attached hydrogens (tertiary/aromatic N) is 2. The van der Waals surface area contributed by atoms with Crippen LogP contribution in [0.25, 0.3) is 0 Å². The summed E-state index contributed by atoms with van der Waals surface area (Å²) < 4.78 is 7.43. The molecular weight excluding hydrogens is 202 g/mol. The van der Waals surface area contributed by atoms with Gasteiger partial charge in [0, 0.05) is 31.5 Å². The molecule has 0 amide bonds. The van der Waals surface area contributed by atoms with Gasteiger partial charge < -0.3 is 10.1 Å². The minimum Gasteiger partial charge on any atom is -0.378 e. The minimum absolute atomic E-state index is 0.370. The van der Waals surface area contributed by atoms with E-state index in [1.807, 2.05) is 17.9 Å². The quantitative estimate of drug-likeness (QED) is 0.825.